The molecule has 1 aromatic heterocycles. The third kappa shape index (κ3) is 4.10. The van der Waals surface area contributed by atoms with Gasteiger partial charge >= 0.3 is 11.9 Å². The minimum absolute atomic E-state index is 0.175. The SMILES string of the molecule is CC(Cn1cnc([N+](=O)[O-])n1)C(=O)OCc1ccccc1. The van der Waals surface area contributed by atoms with E-state index in [1.807, 2.05) is 30.3 Å². The monoisotopic (exact) mass is 290 g/mol. The summed E-state index contributed by atoms with van der Waals surface area (Å²) in [6.07, 6.45) is 1.22. The van der Waals surface area contributed by atoms with Crippen LogP contribution < -0.4 is 0 Å². The minimum atomic E-state index is -0.686. The first kappa shape index (κ1) is 14.6. The van der Waals surface area contributed by atoms with Gasteiger partial charge in [0.2, 0.25) is 6.33 Å². The number of benzene rings is 1. The lowest BCUT2D eigenvalue weighted by Gasteiger charge is -2.10. The summed E-state index contributed by atoms with van der Waals surface area (Å²) in [5.41, 5.74) is 0.898. The molecule has 0 N–H and O–H groups in total. The molecule has 0 radical (unpaired) electrons. The Hall–Kier alpha value is -2.77. The highest BCUT2D eigenvalue weighted by Crippen LogP contribution is 2.08. The van der Waals surface area contributed by atoms with Gasteiger partial charge in [0.15, 0.2) is 0 Å². The Balaban J connectivity index is 1.85. The van der Waals surface area contributed by atoms with Crippen molar-refractivity contribution in [3.63, 3.8) is 0 Å². The lowest BCUT2D eigenvalue weighted by atomic mass is 10.2. The molecule has 1 atom stereocenters. The quantitative estimate of drug-likeness (QED) is 0.454. The Morgan fingerprint density at radius 2 is 2.14 bits per heavy atom. The first-order valence-corrected chi connectivity index (χ1v) is 6.30. The standard InChI is InChI=1S/C13H14N4O4/c1-10(7-16-9-14-13(15-16)17(19)20)12(18)21-8-11-5-3-2-4-6-11/h2-6,9-10H,7-8H2,1H3. The molecule has 1 heterocycles. The van der Waals surface area contributed by atoms with Crippen LogP contribution in [0.2, 0.25) is 0 Å². The summed E-state index contributed by atoms with van der Waals surface area (Å²) in [5.74, 6) is -1.35. The fourth-order valence-corrected chi connectivity index (χ4v) is 1.68. The molecule has 2 rings (SSSR count). The predicted octanol–water partition coefficient (Wildman–Crippen LogP) is 1.57. The fourth-order valence-electron chi connectivity index (χ4n) is 1.68. The molecule has 0 aliphatic heterocycles. The van der Waals surface area contributed by atoms with Crippen molar-refractivity contribution in [3.05, 3.63) is 52.3 Å². The Kier molecular flexibility index (Phi) is 4.60. The molecule has 0 bridgehead atoms. The number of carbonyl (C=O) groups is 1. The van der Waals surface area contributed by atoms with Crippen LogP contribution in [0.25, 0.3) is 0 Å². The molecule has 21 heavy (non-hydrogen) atoms. The van der Waals surface area contributed by atoms with Crippen LogP contribution in [0.4, 0.5) is 5.95 Å². The molecule has 1 unspecified atom stereocenters. The summed E-state index contributed by atoms with van der Waals surface area (Å²) < 4.78 is 6.44. The van der Waals surface area contributed by atoms with Crippen LogP contribution in [0.1, 0.15) is 12.5 Å². The summed E-state index contributed by atoms with van der Waals surface area (Å²) in [6, 6.07) is 9.32. The highest BCUT2D eigenvalue weighted by atomic mass is 16.6. The van der Waals surface area contributed by atoms with Crippen LogP contribution in [0.3, 0.4) is 0 Å². The van der Waals surface area contributed by atoms with Gasteiger partial charge < -0.3 is 14.9 Å². The largest absolute Gasteiger partial charge is 0.490 e. The van der Waals surface area contributed by atoms with Crippen molar-refractivity contribution in [2.75, 3.05) is 0 Å². The van der Waals surface area contributed by atoms with E-state index in [2.05, 4.69) is 10.1 Å². The van der Waals surface area contributed by atoms with Crippen molar-refractivity contribution in [2.24, 2.45) is 5.92 Å². The van der Waals surface area contributed by atoms with Gasteiger partial charge in [0.05, 0.1) is 12.5 Å². The number of nitrogens with zero attached hydrogens (tertiary/aromatic N) is 4. The summed E-state index contributed by atoms with van der Waals surface area (Å²) in [6.45, 7) is 2.04. The van der Waals surface area contributed by atoms with Gasteiger partial charge in [-0.15, -0.1) is 0 Å². The average molecular weight is 290 g/mol. The second-order valence-corrected chi connectivity index (χ2v) is 4.52. The molecular weight excluding hydrogens is 276 g/mol. The Morgan fingerprint density at radius 1 is 1.43 bits per heavy atom. The molecule has 0 fully saturated rings. The van der Waals surface area contributed by atoms with E-state index < -0.39 is 22.8 Å². The lowest BCUT2D eigenvalue weighted by molar-refractivity contribution is -0.394. The normalized spacial score (nSPS) is 11.9. The summed E-state index contributed by atoms with van der Waals surface area (Å²) >= 11 is 0. The molecule has 0 amide bonds. The van der Waals surface area contributed by atoms with E-state index in [9.17, 15) is 14.9 Å². The number of nitro groups is 1. The van der Waals surface area contributed by atoms with E-state index in [1.165, 1.54) is 11.0 Å². The minimum Gasteiger partial charge on any atom is -0.461 e. The van der Waals surface area contributed by atoms with Gasteiger partial charge in [-0.25, -0.2) is 0 Å². The first-order chi connectivity index (χ1) is 10.1. The highest BCUT2D eigenvalue weighted by molar-refractivity contribution is 5.71. The zero-order valence-corrected chi connectivity index (χ0v) is 11.4. The molecule has 0 aliphatic carbocycles. The number of esters is 1. The molecular formula is C13H14N4O4. The van der Waals surface area contributed by atoms with Crippen LogP contribution in [0, 0.1) is 16.0 Å². The maximum atomic E-state index is 11.8. The molecule has 0 aliphatic rings. The maximum absolute atomic E-state index is 11.8. The van der Waals surface area contributed by atoms with Crippen LogP contribution in [-0.2, 0) is 22.7 Å². The summed E-state index contributed by atoms with van der Waals surface area (Å²) in [7, 11) is 0. The zero-order chi connectivity index (χ0) is 15.2. The Morgan fingerprint density at radius 3 is 2.76 bits per heavy atom. The molecule has 110 valence electrons. The molecule has 8 heteroatoms. The average Bonchev–Trinajstić information content (AvgIpc) is 2.94. The molecule has 0 saturated heterocycles. The van der Waals surface area contributed by atoms with E-state index in [4.69, 9.17) is 4.74 Å². The molecule has 0 saturated carbocycles. The summed E-state index contributed by atoms with van der Waals surface area (Å²) in [4.78, 5) is 25.1. The van der Waals surface area contributed by atoms with Crippen molar-refractivity contribution in [2.45, 2.75) is 20.1 Å². The smallest absolute Gasteiger partial charge is 0.461 e. The topological polar surface area (TPSA) is 100 Å². The third-order valence-corrected chi connectivity index (χ3v) is 2.77. The number of ether oxygens (including phenoxy) is 1. The Bertz CT molecular complexity index is 626. The molecule has 2 aromatic rings. The number of rotatable bonds is 6. The zero-order valence-electron chi connectivity index (χ0n) is 11.4. The van der Waals surface area contributed by atoms with Gasteiger partial charge in [0.25, 0.3) is 0 Å². The fraction of sp³-hybridized carbons (Fsp3) is 0.308. The van der Waals surface area contributed by atoms with E-state index in [0.717, 1.165) is 5.56 Å². The van der Waals surface area contributed by atoms with Crippen molar-refractivity contribution in [1.82, 2.24) is 14.8 Å². The van der Waals surface area contributed by atoms with Crippen molar-refractivity contribution in [1.29, 1.82) is 0 Å². The van der Waals surface area contributed by atoms with E-state index >= 15 is 0 Å². The van der Waals surface area contributed by atoms with Crippen LogP contribution in [-0.4, -0.2) is 25.7 Å². The van der Waals surface area contributed by atoms with Gasteiger partial charge in [-0.2, -0.15) is 4.68 Å². The molecule has 1 aromatic carbocycles. The first-order valence-electron chi connectivity index (χ1n) is 6.30. The number of aromatic nitrogens is 3. The van der Waals surface area contributed by atoms with Crippen molar-refractivity contribution >= 4 is 11.9 Å². The van der Waals surface area contributed by atoms with Gasteiger partial charge in [-0.1, -0.05) is 42.2 Å². The molecule has 8 nitrogen and oxygen atoms in total. The Labute approximate surface area is 120 Å². The maximum Gasteiger partial charge on any atom is 0.490 e. The van der Waals surface area contributed by atoms with E-state index in [-0.39, 0.29) is 13.2 Å². The number of hydrogen-bond acceptors (Lipinski definition) is 6. The van der Waals surface area contributed by atoms with Gasteiger partial charge in [0, 0.05) is 5.10 Å². The van der Waals surface area contributed by atoms with Crippen molar-refractivity contribution in [3.8, 4) is 0 Å². The van der Waals surface area contributed by atoms with Crippen LogP contribution >= 0.6 is 0 Å². The number of carbonyl (C=O) groups excluding carboxylic acids is 1. The number of hydrogen-bond donors (Lipinski definition) is 0. The van der Waals surface area contributed by atoms with E-state index in [0.29, 0.717) is 0 Å². The van der Waals surface area contributed by atoms with Crippen LogP contribution in [0.5, 0.6) is 0 Å². The van der Waals surface area contributed by atoms with Gasteiger partial charge in [0.1, 0.15) is 6.61 Å². The van der Waals surface area contributed by atoms with Crippen molar-refractivity contribution < 1.29 is 14.5 Å². The highest BCUT2D eigenvalue weighted by Gasteiger charge is 2.20. The second-order valence-electron chi connectivity index (χ2n) is 4.52. The van der Waals surface area contributed by atoms with Gasteiger partial charge in [-0.05, 0) is 10.5 Å². The molecule has 0 spiro atoms. The predicted molar refractivity (Wildman–Crippen MR) is 72.1 cm³/mol. The summed E-state index contributed by atoms with van der Waals surface area (Å²) in [5, 5.41) is 14.1. The van der Waals surface area contributed by atoms with Gasteiger partial charge in [-0.3, -0.25) is 4.79 Å². The second kappa shape index (κ2) is 6.60. The third-order valence-electron chi connectivity index (χ3n) is 2.77. The lowest BCUT2D eigenvalue weighted by Crippen LogP contribution is -2.20. The van der Waals surface area contributed by atoms with Crippen LogP contribution in [0.15, 0.2) is 36.7 Å². The van der Waals surface area contributed by atoms with E-state index in [1.54, 1.807) is 6.92 Å².